The Morgan fingerprint density at radius 2 is 0.587 bits per heavy atom. The highest BCUT2D eigenvalue weighted by atomic mass is 35.5. The Morgan fingerprint density at radius 1 is 0.347 bits per heavy atom. The number of fused-ring (bicyclic) bond motifs is 4. The molecule has 0 saturated heterocycles. The molecule has 75 heavy (non-hydrogen) atoms. The van der Waals surface area contributed by atoms with Crippen LogP contribution in [0.15, 0.2) is 48.5 Å². The molecular formula is C55H88Cl4N4O12. The van der Waals surface area contributed by atoms with Gasteiger partial charge >= 0.3 is 0 Å². The van der Waals surface area contributed by atoms with Gasteiger partial charge in [0.1, 0.15) is 0 Å². The zero-order chi connectivity index (χ0) is 46.9. The van der Waals surface area contributed by atoms with E-state index in [0.717, 1.165) is 156 Å². The van der Waals surface area contributed by atoms with E-state index in [1.807, 2.05) is 0 Å². The topological polar surface area (TPSA) is 248 Å². The second-order valence-corrected chi connectivity index (χ2v) is 18.8. The zero-order valence-corrected chi connectivity index (χ0v) is 48.3. The highest BCUT2D eigenvalue weighted by Gasteiger charge is 2.33. The standard InChI is InChI=1S/C55H76N4O8.4ClH.4H2O/c1-60-46-26-36-18-22-56-44(40(36)30-50(46)64-5)16-10-14-34(54-42-32-52(66-7)48(62-3)28-38(42)20-24-58-54)12-9-13-35(55-43-33-53(67-8)49(63-4)29-39(43)21-25-59-55)15-11-17-45-41-31-51(65-6)47(61-2)27-37(41)19-23-57-45;;;;;;;;/h26-35,44-45,54-59H,9-25H2,1-8H3;4*1H;4*1H2. The Bertz CT molecular complexity index is 2160. The summed E-state index contributed by atoms with van der Waals surface area (Å²) in [5.41, 5.74) is 10.8. The van der Waals surface area contributed by atoms with Gasteiger partial charge in [-0.1, -0.05) is 19.3 Å². The van der Waals surface area contributed by atoms with E-state index in [1.54, 1.807) is 56.9 Å². The van der Waals surface area contributed by atoms with Crippen LogP contribution in [0.5, 0.6) is 46.0 Å². The lowest BCUT2D eigenvalue weighted by Gasteiger charge is -2.37. The summed E-state index contributed by atoms with van der Waals surface area (Å²) in [5, 5.41) is 15.8. The molecular weight excluding hydrogens is 1050 g/mol. The number of methoxy groups -OCH3 is 8. The number of hydrogen-bond acceptors (Lipinski definition) is 12. The third kappa shape index (κ3) is 16.1. The van der Waals surface area contributed by atoms with E-state index >= 15 is 0 Å². The summed E-state index contributed by atoms with van der Waals surface area (Å²) in [6.07, 6.45) is 13.8. The molecule has 4 aliphatic heterocycles. The molecule has 0 saturated carbocycles. The lowest BCUT2D eigenvalue weighted by atomic mass is 9.77. The number of benzene rings is 4. The van der Waals surface area contributed by atoms with Crippen molar-refractivity contribution in [1.29, 1.82) is 0 Å². The van der Waals surface area contributed by atoms with Crippen molar-refractivity contribution in [3.63, 3.8) is 0 Å². The van der Waals surface area contributed by atoms with Gasteiger partial charge in [-0.3, -0.25) is 0 Å². The second-order valence-electron chi connectivity index (χ2n) is 18.8. The molecule has 12 N–H and O–H groups in total. The SMILES string of the molecule is COc1cc2c(cc1OC)C(CCCC(CCCC(CCCC1NCCc3cc(OC)c(OC)cc31)C1NCCc3cc(OC)c(OC)cc31)C1NCCc3cc(OC)c(OC)cc31)NCC2.Cl.Cl.Cl.Cl.O.O.O.O. The van der Waals surface area contributed by atoms with Gasteiger partial charge < -0.3 is 81.1 Å². The van der Waals surface area contributed by atoms with E-state index in [9.17, 15) is 0 Å². The Kier molecular flexibility index (Phi) is 32.3. The lowest BCUT2D eigenvalue weighted by Crippen LogP contribution is -2.36. The van der Waals surface area contributed by atoms with Gasteiger partial charge in [-0.2, -0.15) is 0 Å². The van der Waals surface area contributed by atoms with Crippen LogP contribution >= 0.6 is 49.6 Å². The summed E-state index contributed by atoms with van der Waals surface area (Å²) in [7, 11) is 13.8. The Labute approximate surface area is 470 Å². The van der Waals surface area contributed by atoms with Crippen molar-refractivity contribution in [2.75, 3.05) is 83.1 Å². The molecule has 4 aromatic rings. The molecule has 0 aromatic heterocycles. The van der Waals surface area contributed by atoms with E-state index in [2.05, 4.69) is 69.8 Å². The monoisotopic (exact) mass is 1140 g/mol. The third-order valence-electron chi connectivity index (χ3n) is 15.3. The molecule has 4 heterocycles. The number of ether oxygens (including phenoxy) is 8. The first-order valence-electron chi connectivity index (χ1n) is 24.8. The van der Waals surface area contributed by atoms with Crippen LogP contribution in [0.4, 0.5) is 0 Å². The molecule has 8 rings (SSSR count). The number of rotatable bonds is 22. The van der Waals surface area contributed by atoms with E-state index in [0.29, 0.717) is 11.8 Å². The Hall–Kier alpha value is -3.88. The van der Waals surface area contributed by atoms with Crippen molar-refractivity contribution >= 4 is 49.6 Å². The van der Waals surface area contributed by atoms with Gasteiger partial charge in [0.15, 0.2) is 46.0 Å². The molecule has 0 radical (unpaired) electrons. The molecule has 0 spiro atoms. The van der Waals surface area contributed by atoms with Gasteiger partial charge in [0, 0.05) is 24.2 Å². The van der Waals surface area contributed by atoms with E-state index in [-0.39, 0.29) is 95.7 Å². The summed E-state index contributed by atoms with van der Waals surface area (Å²) >= 11 is 0. The number of nitrogens with one attached hydrogen (secondary N) is 4. The molecule has 0 bridgehead atoms. The fourth-order valence-electron chi connectivity index (χ4n) is 11.9. The predicted molar refractivity (Wildman–Crippen MR) is 308 cm³/mol. The summed E-state index contributed by atoms with van der Waals surface area (Å²) in [6.45, 7) is 3.80. The maximum atomic E-state index is 5.90. The molecule has 0 fully saturated rings. The smallest absolute Gasteiger partial charge is 0.161 e. The maximum absolute atomic E-state index is 5.90. The fourth-order valence-corrected chi connectivity index (χ4v) is 11.9. The largest absolute Gasteiger partial charge is 0.493 e. The minimum absolute atomic E-state index is 0. The van der Waals surface area contributed by atoms with Crippen LogP contribution in [-0.2, 0) is 25.7 Å². The van der Waals surface area contributed by atoms with E-state index in [4.69, 9.17) is 37.9 Å². The number of halogens is 4. The van der Waals surface area contributed by atoms with Crippen LogP contribution in [0.25, 0.3) is 0 Å². The molecule has 0 aliphatic carbocycles. The van der Waals surface area contributed by atoms with Crippen LogP contribution in [0, 0.1) is 11.8 Å². The van der Waals surface area contributed by atoms with Gasteiger partial charge in [0.05, 0.1) is 56.9 Å². The summed E-state index contributed by atoms with van der Waals surface area (Å²) in [5.74, 6) is 7.24. The average Bonchev–Trinajstić information content (AvgIpc) is 3.37. The van der Waals surface area contributed by atoms with Crippen LogP contribution in [0.2, 0.25) is 0 Å². The molecule has 6 atom stereocenters. The van der Waals surface area contributed by atoms with E-state index < -0.39 is 0 Å². The van der Waals surface area contributed by atoms with Crippen LogP contribution in [-0.4, -0.2) is 105 Å². The Morgan fingerprint density at radius 3 is 0.880 bits per heavy atom. The van der Waals surface area contributed by atoms with Crippen molar-refractivity contribution in [2.24, 2.45) is 11.8 Å². The molecule has 6 unspecified atom stereocenters. The van der Waals surface area contributed by atoms with Gasteiger partial charge in [0.25, 0.3) is 0 Å². The van der Waals surface area contributed by atoms with Gasteiger partial charge in [0.2, 0.25) is 0 Å². The molecule has 4 aromatic carbocycles. The summed E-state index contributed by atoms with van der Waals surface area (Å²) in [6, 6.07) is 18.6. The summed E-state index contributed by atoms with van der Waals surface area (Å²) in [4.78, 5) is 0. The van der Waals surface area contributed by atoms with E-state index in [1.165, 1.54) is 44.5 Å². The third-order valence-corrected chi connectivity index (χ3v) is 15.3. The quantitative estimate of drug-likeness (QED) is 0.0590. The number of hydrogen-bond donors (Lipinski definition) is 4. The minimum Gasteiger partial charge on any atom is -0.493 e. The van der Waals surface area contributed by atoms with Gasteiger partial charge in [-0.15, -0.1) is 49.6 Å². The molecule has 20 heteroatoms. The molecule has 428 valence electrons. The molecule has 16 nitrogen and oxygen atoms in total. The fraction of sp³-hybridized carbons (Fsp3) is 0.564. The molecule has 0 amide bonds. The zero-order valence-electron chi connectivity index (χ0n) is 45.0. The van der Waals surface area contributed by atoms with Gasteiger partial charge in [-0.05, 0) is 195 Å². The highest BCUT2D eigenvalue weighted by molar-refractivity contribution is 5.86. The van der Waals surface area contributed by atoms with Gasteiger partial charge in [-0.25, -0.2) is 0 Å². The van der Waals surface area contributed by atoms with Crippen LogP contribution < -0.4 is 59.2 Å². The van der Waals surface area contributed by atoms with Crippen LogP contribution in [0.3, 0.4) is 0 Å². The molecule has 4 aliphatic rings. The van der Waals surface area contributed by atoms with Crippen molar-refractivity contribution in [1.82, 2.24) is 21.3 Å². The second kappa shape index (κ2) is 34.1. The van der Waals surface area contributed by atoms with Crippen molar-refractivity contribution in [3.05, 3.63) is 93.0 Å². The lowest BCUT2D eigenvalue weighted by molar-refractivity contribution is 0.253. The predicted octanol–water partition coefficient (Wildman–Crippen LogP) is 7.73. The Balaban J connectivity index is 0.00000684. The van der Waals surface area contributed by atoms with Crippen molar-refractivity contribution in [2.45, 2.75) is 108 Å². The first-order chi connectivity index (χ1) is 32.8. The van der Waals surface area contributed by atoms with Crippen molar-refractivity contribution in [3.8, 4) is 46.0 Å². The van der Waals surface area contributed by atoms with Crippen molar-refractivity contribution < 1.29 is 59.8 Å². The minimum atomic E-state index is 0. The van der Waals surface area contributed by atoms with Crippen LogP contribution in [0.1, 0.15) is 126 Å². The highest BCUT2D eigenvalue weighted by Crippen LogP contribution is 2.45. The average molecular weight is 1140 g/mol. The maximum Gasteiger partial charge on any atom is 0.161 e. The first-order valence-corrected chi connectivity index (χ1v) is 24.8. The normalized spacial score (nSPS) is 18.3. The summed E-state index contributed by atoms with van der Waals surface area (Å²) < 4.78 is 46.3. The first kappa shape index (κ1) is 71.1.